The minimum atomic E-state index is 0.614. The number of hydrogen-bond donors (Lipinski definition) is 1. The fourth-order valence-corrected chi connectivity index (χ4v) is 2.15. The third kappa shape index (κ3) is 4.14. The molecular formula is C13H20BrNO. The molecule has 0 radical (unpaired) electrons. The molecule has 0 bridgehead atoms. The van der Waals surface area contributed by atoms with Gasteiger partial charge in [0.1, 0.15) is 5.75 Å². The molecule has 16 heavy (non-hydrogen) atoms. The van der Waals surface area contributed by atoms with Gasteiger partial charge in [-0.1, -0.05) is 29.8 Å². The van der Waals surface area contributed by atoms with Gasteiger partial charge in [0.15, 0.2) is 0 Å². The second-order valence-electron chi connectivity index (χ2n) is 4.07. The van der Waals surface area contributed by atoms with Crippen molar-refractivity contribution in [1.82, 2.24) is 5.32 Å². The highest BCUT2D eigenvalue weighted by Crippen LogP contribution is 2.25. The summed E-state index contributed by atoms with van der Waals surface area (Å²) in [7, 11) is 1.72. The van der Waals surface area contributed by atoms with Crippen molar-refractivity contribution in [2.45, 2.75) is 20.3 Å². The normalized spacial score (nSPS) is 12.5. The molecule has 0 aliphatic carbocycles. The van der Waals surface area contributed by atoms with Crippen LogP contribution in [0.2, 0.25) is 0 Å². The summed E-state index contributed by atoms with van der Waals surface area (Å²) < 4.78 is 6.47. The third-order valence-electron chi connectivity index (χ3n) is 2.55. The van der Waals surface area contributed by atoms with Crippen LogP contribution in [0.15, 0.2) is 22.7 Å². The van der Waals surface area contributed by atoms with E-state index in [9.17, 15) is 0 Å². The van der Waals surface area contributed by atoms with Crippen LogP contribution in [0.4, 0.5) is 0 Å². The van der Waals surface area contributed by atoms with Gasteiger partial charge in [0.05, 0.1) is 7.11 Å². The zero-order valence-corrected chi connectivity index (χ0v) is 11.8. The van der Waals surface area contributed by atoms with E-state index < -0.39 is 0 Å². The van der Waals surface area contributed by atoms with Crippen molar-refractivity contribution < 1.29 is 4.74 Å². The largest absolute Gasteiger partial charge is 0.496 e. The molecule has 0 aliphatic rings. The van der Waals surface area contributed by atoms with Crippen LogP contribution in [0.25, 0.3) is 0 Å². The molecule has 1 rings (SSSR count). The van der Waals surface area contributed by atoms with Crippen molar-refractivity contribution in [2.75, 3.05) is 20.2 Å². The van der Waals surface area contributed by atoms with E-state index in [4.69, 9.17) is 4.74 Å². The number of ether oxygens (including phenoxy) is 1. The maximum Gasteiger partial charge on any atom is 0.122 e. The van der Waals surface area contributed by atoms with Crippen LogP contribution in [0.3, 0.4) is 0 Å². The molecule has 1 atom stereocenters. The molecule has 0 amide bonds. The molecule has 0 saturated carbocycles. The molecule has 0 heterocycles. The molecule has 0 fully saturated rings. The van der Waals surface area contributed by atoms with E-state index in [0.29, 0.717) is 5.92 Å². The predicted molar refractivity (Wildman–Crippen MR) is 72.1 cm³/mol. The molecule has 0 aliphatic heterocycles. The molecule has 0 spiro atoms. The maximum absolute atomic E-state index is 5.36. The van der Waals surface area contributed by atoms with Gasteiger partial charge in [-0.25, -0.2) is 0 Å². The van der Waals surface area contributed by atoms with Gasteiger partial charge in [-0.15, -0.1) is 0 Å². The van der Waals surface area contributed by atoms with Gasteiger partial charge in [0, 0.05) is 4.47 Å². The first-order valence-electron chi connectivity index (χ1n) is 5.70. The third-order valence-corrected chi connectivity index (χ3v) is 3.05. The smallest absolute Gasteiger partial charge is 0.122 e. The Kier molecular flexibility index (Phi) is 5.85. The highest BCUT2D eigenvalue weighted by Gasteiger charge is 2.08. The van der Waals surface area contributed by atoms with E-state index in [1.807, 2.05) is 12.1 Å². The Bertz CT molecular complexity index is 328. The number of benzene rings is 1. The van der Waals surface area contributed by atoms with E-state index >= 15 is 0 Å². The van der Waals surface area contributed by atoms with Gasteiger partial charge in [0.25, 0.3) is 0 Å². The SMILES string of the molecule is CCNCC(C)Cc1cc(Br)ccc1OC. The van der Waals surface area contributed by atoms with Crippen LogP contribution < -0.4 is 10.1 Å². The number of nitrogens with one attached hydrogen (secondary N) is 1. The first-order chi connectivity index (χ1) is 7.67. The minimum Gasteiger partial charge on any atom is -0.496 e. The topological polar surface area (TPSA) is 21.3 Å². The monoisotopic (exact) mass is 285 g/mol. The Balaban J connectivity index is 2.67. The molecule has 0 aromatic heterocycles. The van der Waals surface area contributed by atoms with Crippen molar-refractivity contribution in [1.29, 1.82) is 0 Å². The van der Waals surface area contributed by atoms with Crippen LogP contribution in [-0.2, 0) is 6.42 Å². The Hall–Kier alpha value is -0.540. The Morgan fingerprint density at radius 1 is 1.44 bits per heavy atom. The van der Waals surface area contributed by atoms with Crippen LogP contribution in [-0.4, -0.2) is 20.2 Å². The van der Waals surface area contributed by atoms with E-state index in [-0.39, 0.29) is 0 Å². The molecule has 90 valence electrons. The lowest BCUT2D eigenvalue weighted by atomic mass is 10.0. The fourth-order valence-electron chi connectivity index (χ4n) is 1.74. The standard InChI is InChI=1S/C13H20BrNO/c1-4-15-9-10(2)7-11-8-12(14)5-6-13(11)16-3/h5-6,8,10,15H,4,7,9H2,1-3H3. The van der Waals surface area contributed by atoms with Crippen molar-refractivity contribution in [3.8, 4) is 5.75 Å². The number of halogens is 1. The highest BCUT2D eigenvalue weighted by atomic mass is 79.9. The summed E-state index contributed by atoms with van der Waals surface area (Å²) in [5.74, 6) is 1.59. The van der Waals surface area contributed by atoms with Gasteiger partial charge in [-0.2, -0.15) is 0 Å². The van der Waals surface area contributed by atoms with E-state index in [1.165, 1.54) is 5.56 Å². The molecule has 1 aromatic carbocycles. The molecular weight excluding hydrogens is 266 g/mol. The lowest BCUT2D eigenvalue weighted by molar-refractivity contribution is 0.404. The summed E-state index contributed by atoms with van der Waals surface area (Å²) in [6, 6.07) is 6.16. The second-order valence-corrected chi connectivity index (χ2v) is 4.99. The van der Waals surface area contributed by atoms with Crippen LogP contribution >= 0.6 is 15.9 Å². The number of hydrogen-bond acceptors (Lipinski definition) is 2. The summed E-state index contributed by atoms with van der Waals surface area (Å²) in [4.78, 5) is 0. The average Bonchev–Trinajstić information content (AvgIpc) is 2.27. The zero-order chi connectivity index (χ0) is 12.0. The quantitative estimate of drug-likeness (QED) is 0.866. The summed E-state index contributed by atoms with van der Waals surface area (Å²) in [6.07, 6.45) is 1.04. The van der Waals surface area contributed by atoms with Crippen molar-refractivity contribution in [2.24, 2.45) is 5.92 Å². The Morgan fingerprint density at radius 3 is 2.81 bits per heavy atom. The van der Waals surface area contributed by atoms with E-state index in [0.717, 1.165) is 29.7 Å². The lowest BCUT2D eigenvalue weighted by Gasteiger charge is -2.14. The molecule has 1 aromatic rings. The number of methoxy groups -OCH3 is 1. The Labute approximate surface area is 107 Å². The summed E-state index contributed by atoms with van der Waals surface area (Å²) in [5, 5.41) is 3.37. The molecule has 1 unspecified atom stereocenters. The van der Waals surface area contributed by atoms with Crippen LogP contribution in [0.5, 0.6) is 5.75 Å². The summed E-state index contributed by atoms with van der Waals surface area (Å²) in [5.41, 5.74) is 1.27. The van der Waals surface area contributed by atoms with Gasteiger partial charge in [-0.3, -0.25) is 0 Å². The van der Waals surface area contributed by atoms with Gasteiger partial charge in [-0.05, 0) is 49.2 Å². The molecule has 0 saturated heterocycles. The van der Waals surface area contributed by atoms with Crippen molar-refractivity contribution >= 4 is 15.9 Å². The van der Waals surface area contributed by atoms with Crippen LogP contribution in [0, 0.1) is 5.92 Å². The summed E-state index contributed by atoms with van der Waals surface area (Å²) >= 11 is 3.50. The maximum atomic E-state index is 5.36. The van der Waals surface area contributed by atoms with E-state index in [1.54, 1.807) is 7.11 Å². The Morgan fingerprint density at radius 2 is 2.19 bits per heavy atom. The summed E-state index contributed by atoms with van der Waals surface area (Å²) in [6.45, 7) is 6.46. The van der Waals surface area contributed by atoms with Gasteiger partial charge < -0.3 is 10.1 Å². The van der Waals surface area contributed by atoms with Gasteiger partial charge >= 0.3 is 0 Å². The van der Waals surface area contributed by atoms with E-state index in [2.05, 4.69) is 41.2 Å². The van der Waals surface area contributed by atoms with Gasteiger partial charge in [0.2, 0.25) is 0 Å². The minimum absolute atomic E-state index is 0.614. The van der Waals surface area contributed by atoms with Crippen LogP contribution in [0.1, 0.15) is 19.4 Å². The lowest BCUT2D eigenvalue weighted by Crippen LogP contribution is -2.22. The second kappa shape index (κ2) is 6.92. The molecule has 3 heteroatoms. The zero-order valence-electron chi connectivity index (χ0n) is 10.2. The van der Waals surface area contributed by atoms with Crippen molar-refractivity contribution in [3.63, 3.8) is 0 Å². The predicted octanol–water partition coefficient (Wildman–Crippen LogP) is 3.25. The first kappa shape index (κ1) is 13.5. The molecule has 1 N–H and O–H groups in total. The first-order valence-corrected chi connectivity index (χ1v) is 6.49. The molecule has 2 nitrogen and oxygen atoms in total. The fraction of sp³-hybridized carbons (Fsp3) is 0.538. The highest BCUT2D eigenvalue weighted by molar-refractivity contribution is 9.10. The average molecular weight is 286 g/mol. The van der Waals surface area contributed by atoms with Crippen molar-refractivity contribution in [3.05, 3.63) is 28.2 Å². The number of rotatable bonds is 6.